The van der Waals surface area contributed by atoms with Crippen molar-refractivity contribution in [3.63, 3.8) is 0 Å². The van der Waals surface area contributed by atoms with E-state index in [0.717, 1.165) is 23.7 Å². The van der Waals surface area contributed by atoms with Gasteiger partial charge < -0.3 is 0 Å². The van der Waals surface area contributed by atoms with Gasteiger partial charge in [-0.2, -0.15) is 9.61 Å². The first kappa shape index (κ1) is 15.6. The van der Waals surface area contributed by atoms with Gasteiger partial charge in [-0.15, -0.1) is 0 Å². The van der Waals surface area contributed by atoms with E-state index in [4.69, 9.17) is 0 Å². The van der Waals surface area contributed by atoms with Crippen molar-refractivity contribution >= 4 is 16.3 Å². The maximum atomic E-state index is 12.2. The maximum Gasteiger partial charge on any atom is 0.275 e. The van der Waals surface area contributed by atoms with Crippen LogP contribution in [-0.2, 0) is 13.0 Å². The van der Waals surface area contributed by atoms with Gasteiger partial charge in [-0.05, 0) is 26.3 Å². The molecule has 3 rings (SSSR count). The summed E-state index contributed by atoms with van der Waals surface area (Å²) in [6.07, 6.45) is 8.71. The quantitative estimate of drug-likeness (QED) is 0.813. The van der Waals surface area contributed by atoms with Crippen molar-refractivity contribution in [2.75, 3.05) is 7.05 Å². The highest BCUT2D eigenvalue weighted by Gasteiger charge is 2.18. The highest BCUT2D eigenvalue weighted by molar-refractivity contribution is 7.16. The number of nitrogens with zero attached hydrogens (tertiary/aromatic N) is 4. The lowest BCUT2D eigenvalue weighted by molar-refractivity contribution is 0.211. The molecule has 0 saturated heterocycles. The highest BCUT2D eigenvalue weighted by Crippen LogP contribution is 2.22. The third-order valence-corrected chi connectivity index (χ3v) is 5.55. The first-order chi connectivity index (χ1) is 10.7. The molecule has 1 aliphatic rings. The van der Waals surface area contributed by atoms with Gasteiger partial charge in [-0.25, -0.2) is 4.98 Å². The van der Waals surface area contributed by atoms with Crippen molar-refractivity contribution in [2.24, 2.45) is 0 Å². The van der Waals surface area contributed by atoms with E-state index in [1.54, 1.807) is 6.07 Å². The average molecular weight is 320 g/mol. The largest absolute Gasteiger partial charge is 0.298 e. The summed E-state index contributed by atoms with van der Waals surface area (Å²) in [6.45, 7) is 2.79. The Morgan fingerprint density at radius 3 is 2.73 bits per heavy atom. The summed E-state index contributed by atoms with van der Waals surface area (Å²) in [5.74, 6) is 0. The van der Waals surface area contributed by atoms with Crippen LogP contribution in [0, 0.1) is 0 Å². The molecule has 6 heteroatoms. The van der Waals surface area contributed by atoms with Gasteiger partial charge in [0.1, 0.15) is 5.01 Å². The van der Waals surface area contributed by atoms with Gasteiger partial charge in [0.05, 0.1) is 5.69 Å². The van der Waals surface area contributed by atoms with Crippen LogP contribution in [-0.4, -0.2) is 32.6 Å². The van der Waals surface area contributed by atoms with E-state index in [1.807, 2.05) is 6.92 Å². The smallest absolute Gasteiger partial charge is 0.275 e. The molecular formula is C16H24N4OS. The molecule has 1 saturated carbocycles. The lowest BCUT2D eigenvalue weighted by Crippen LogP contribution is -2.31. The molecule has 2 heterocycles. The maximum absolute atomic E-state index is 12.2. The van der Waals surface area contributed by atoms with Crippen LogP contribution in [0.3, 0.4) is 0 Å². The van der Waals surface area contributed by atoms with Gasteiger partial charge in [0.25, 0.3) is 5.56 Å². The number of aromatic nitrogens is 3. The van der Waals surface area contributed by atoms with Gasteiger partial charge in [0.15, 0.2) is 0 Å². The Morgan fingerprint density at radius 2 is 2.05 bits per heavy atom. The Hall–Kier alpha value is -1.27. The average Bonchev–Trinajstić information content (AvgIpc) is 2.73. The Kier molecular flexibility index (Phi) is 4.88. The van der Waals surface area contributed by atoms with Crippen LogP contribution in [0.5, 0.6) is 0 Å². The number of hydrogen-bond acceptors (Lipinski definition) is 5. The molecule has 0 aromatic carbocycles. The van der Waals surface area contributed by atoms with Crippen LogP contribution in [0.2, 0.25) is 0 Å². The summed E-state index contributed by atoms with van der Waals surface area (Å²) in [5.41, 5.74) is 0.799. The van der Waals surface area contributed by atoms with Gasteiger partial charge in [0.2, 0.25) is 4.96 Å². The Bertz CT molecular complexity index is 685. The topological polar surface area (TPSA) is 50.5 Å². The zero-order chi connectivity index (χ0) is 15.5. The van der Waals surface area contributed by atoms with Crippen LogP contribution in [0.25, 0.3) is 4.96 Å². The minimum absolute atomic E-state index is 0.0646. The second kappa shape index (κ2) is 6.87. The standard InChI is InChI=1S/C16H24N4OS/c1-3-14-18-20-15(21)10-12(17-16(20)22-14)11-19(2)13-8-6-4-5-7-9-13/h10,13H,3-9,11H2,1-2H3. The molecule has 22 heavy (non-hydrogen) atoms. The van der Waals surface area contributed by atoms with Gasteiger partial charge in [0, 0.05) is 18.7 Å². The zero-order valence-corrected chi connectivity index (χ0v) is 14.2. The van der Waals surface area contributed by atoms with E-state index in [1.165, 1.54) is 54.4 Å². The van der Waals surface area contributed by atoms with Crippen molar-refractivity contribution in [3.8, 4) is 0 Å². The molecule has 0 N–H and O–H groups in total. The van der Waals surface area contributed by atoms with E-state index >= 15 is 0 Å². The normalized spacial score (nSPS) is 17.2. The van der Waals surface area contributed by atoms with Crippen molar-refractivity contribution < 1.29 is 0 Å². The first-order valence-electron chi connectivity index (χ1n) is 8.26. The van der Waals surface area contributed by atoms with E-state index < -0.39 is 0 Å². The van der Waals surface area contributed by atoms with Gasteiger partial charge in [-0.1, -0.05) is 43.9 Å². The molecule has 0 aliphatic heterocycles. The minimum Gasteiger partial charge on any atom is -0.298 e. The van der Waals surface area contributed by atoms with Gasteiger partial charge in [-0.3, -0.25) is 9.69 Å². The van der Waals surface area contributed by atoms with Crippen LogP contribution in [0.15, 0.2) is 10.9 Å². The highest BCUT2D eigenvalue weighted by atomic mass is 32.1. The summed E-state index contributed by atoms with van der Waals surface area (Å²) in [5, 5.41) is 5.26. The molecule has 120 valence electrons. The van der Waals surface area contributed by atoms with E-state index in [0.29, 0.717) is 11.0 Å². The van der Waals surface area contributed by atoms with Crippen LogP contribution >= 0.6 is 11.3 Å². The number of aryl methyl sites for hydroxylation is 1. The predicted molar refractivity (Wildman–Crippen MR) is 89.5 cm³/mol. The molecule has 1 fully saturated rings. The number of fused-ring (bicyclic) bond motifs is 1. The summed E-state index contributed by atoms with van der Waals surface area (Å²) in [6, 6.07) is 2.26. The molecule has 0 spiro atoms. The van der Waals surface area contributed by atoms with E-state index in [9.17, 15) is 4.79 Å². The molecule has 1 aliphatic carbocycles. The van der Waals surface area contributed by atoms with Crippen molar-refractivity contribution in [1.29, 1.82) is 0 Å². The Balaban J connectivity index is 1.79. The second-order valence-corrected chi connectivity index (χ2v) is 7.23. The molecule has 5 nitrogen and oxygen atoms in total. The monoisotopic (exact) mass is 320 g/mol. The number of rotatable bonds is 4. The molecular weight excluding hydrogens is 296 g/mol. The molecule has 0 unspecified atom stereocenters. The van der Waals surface area contributed by atoms with Gasteiger partial charge >= 0.3 is 0 Å². The van der Waals surface area contributed by atoms with Crippen LogP contribution in [0.1, 0.15) is 56.2 Å². The van der Waals surface area contributed by atoms with Crippen LogP contribution in [0.4, 0.5) is 0 Å². The minimum atomic E-state index is -0.0646. The fourth-order valence-corrected chi connectivity index (χ4v) is 4.06. The summed E-state index contributed by atoms with van der Waals surface area (Å²) in [7, 11) is 2.16. The molecule has 0 radical (unpaired) electrons. The Labute approximate surface area is 135 Å². The fraction of sp³-hybridized carbons (Fsp3) is 0.688. The van der Waals surface area contributed by atoms with Crippen molar-refractivity contribution in [1.82, 2.24) is 19.5 Å². The SMILES string of the molecule is CCc1nn2c(=O)cc(CN(C)C3CCCCCC3)nc2s1. The molecule has 2 aromatic rings. The lowest BCUT2D eigenvalue weighted by atomic mass is 10.1. The zero-order valence-electron chi connectivity index (χ0n) is 13.4. The number of hydrogen-bond donors (Lipinski definition) is 0. The third kappa shape index (κ3) is 3.38. The molecule has 0 bridgehead atoms. The summed E-state index contributed by atoms with van der Waals surface area (Å²) in [4.78, 5) is 19.9. The second-order valence-electron chi connectivity index (χ2n) is 6.19. The predicted octanol–water partition coefficient (Wildman–Crippen LogP) is 2.87. The van der Waals surface area contributed by atoms with Crippen molar-refractivity contribution in [3.05, 3.63) is 27.1 Å². The summed E-state index contributed by atoms with van der Waals surface area (Å²) >= 11 is 1.51. The van der Waals surface area contributed by atoms with E-state index in [2.05, 4.69) is 22.0 Å². The first-order valence-corrected chi connectivity index (χ1v) is 9.08. The third-order valence-electron chi connectivity index (χ3n) is 4.50. The summed E-state index contributed by atoms with van der Waals surface area (Å²) < 4.78 is 1.43. The van der Waals surface area contributed by atoms with Crippen LogP contribution < -0.4 is 5.56 Å². The molecule has 0 amide bonds. The van der Waals surface area contributed by atoms with Crippen molar-refractivity contribution in [2.45, 2.75) is 64.5 Å². The van der Waals surface area contributed by atoms with E-state index in [-0.39, 0.29) is 5.56 Å². The lowest BCUT2D eigenvalue weighted by Gasteiger charge is -2.26. The molecule has 0 atom stereocenters. The Morgan fingerprint density at radius 1 is 1.32 bits per heavy atom. The fourth-order valence-electron chi connectivity index (χ4n) is 3.20. The molecule has 2 aromatic heterocycles.